The molecular formula is C11H13FN2O2. The predicted octanol–water partition coefficient (Wildman–Crippen LogP) is 0.927. The maximum absolute atomic E-state index is 13.0. The van der Waals surface area contributed by atoms with Crippen LogP contribution in [0.1, 0.15) is 16.8 Å². The van der Waals surface area contributed by atoms with Crippen LogP contribution in [0.5, 0.6) is 0 Å². The highest BCUT2D eigenvalue weighted by Crippen LogP contribution is 2.14. The highest BCUT2D eigenvalue weighted by molar-refractivity contribution is 5.99. The first-order valence-electron chi connectivity index (χ1n) is 5.10. The van der Waals surface area contributed by atoms with Crippen LogP contribution in [0.4, 0.5) is 10.1 Å². The lowest BCUT2D eigenvalue weighted by molar-refractivity contribution is 0.0930. The van der Waals surface area contributed by atoms with Gasteiger partial charge in [-0.15, -0.1) is 0 Å². The van der Waals surface area contributed by atoms with E-state index in [0.717, 1.165) is 12.5 Å². The van der Waals surface area contributed by atoms with Gasteiger partial charge in [-0.1, -0.05) is 0 Å². The second-order valence-corrected chi connectivity index (χ2v) is 3.77. The van der Waals surface area contributed by atoms with Gasteiger partial charge in [-0.05, 0) is 24.6 Å². The van der Waals surface area contributed by atoms with E-state index in [-0.39, 0.29) is 23.2 Å². The van der Waals surface area contributed by atoms with Crippen LogP contribution in [0.2, 0.25) is 0 Å². The lowest BCUT2D eigenvalue weighted by Crippen LogP contribution is -2.35. The molecule has 1 saturated heterocycles. The first-order chi connectivity index (χ1) is 7.66. The fourth-order valence-corrected chi connectivity index (χ4v) is 1.64. The number of benzene rings is 1. The number of carbonyl (C=O) groups is 1. The Kier molecular flexibility index (Phi) is 3.05. The Bertz CT molecular complexity index is 403. The lowest BCUT2D eigenvalue weighted by atomic mass is 10.1. The molecular weight excluding hydrogens is 211 g/mol. The van der Waals surface area contributed by atoms with Crippen LogP contribution in [0.3, 0.4) is 0 Å². The third-order valence-corrected chi connectivity index (χ3v) is 2.52. The summed E-state index contributed by atoms with van der Waals surface area (Å²) in [6.07, 6.45) is 0.779. The summed E-state index contributed by atoms with van der Waals surface area (Å²) >= 11 is 0. The van der Waals surface area contributed by atoms with Crippen LogP contribution in [0.25, 0.3) is 0 Å². The Morgan fingerprint density at radius 2 is 2.38 bits per heavy atom. The van der Waals surface area contributed by atoms with E-state index >= 15 is 0 Å². The Balaban J connectivity index is 2.10. The molecule has 4 nitrogen and oxygen atoms in total. The SMILES string of the molecule is Nc1ccc(F)cc1C(=O)NC1CCOC1. The van der Waals surface area contributed by atoms with E-state index in [4.69, 9.17) is 10.5 Å². The zero-order chi connectivity index (χ0) is 11.5. The average Bonchev–Trinajstić information content (AvgIpc) is 2.74. The molecule has 1 fully saturated rings. The van der Waals surface area contributed by atoms with Crippen molar-refractivity contribution in [2.75, 3.05) is 18.9 Å². The molecule has 1 unspecified atom stereocenters. The van der Waals surface area contributed by atoms with E-state index in [1.165, 1.54) is 12.1 Å². The molecule has 0 radical (unpaired) electrons. The van der Waals surface area contributed by atoms with Crippen molar-refractivity contribution in [2.45, 2.75) is 12.5 Å². The molecule has 0 spiro atoms. The maximum atomic E-state index is 13.0. The van der Waals surface area contributed by atoms with Gasteiger partial charge in [-0.2, -0.15) is 0 Å². The number of nitrogens with one attached hydrogen (secondary N) is 1. The van der Waals surface area contributed by atoms with Gasteiger partial charge in [0.15, 0.2) is 0 Å². The van der Waals surface area contributed by atoms with Crippen molar-refractivity contribution in [3.63, 3.8) is 0 Å². The van der Waals surface area contributed by atoms with Crippen molar-refractivity contribution in [3.05, 3.63) is 29.6 Å². The quantitative estimate of drug-likeness (QED) is 0.734. The van der Waals surface area contributed by atoms with Gasteiger partial charge in [-0.25, -0.2) is 4.39 Å². The van der Waals surface area contributed by atoms with Gasteiger partial charge in [0.25, 0.3) is 5.91 Å². The van der Waals surface area contributed by atoms with Crippen LogP contribution in [0, 0.1) is 5.82 Å². The van der Waals surface area contributed by atoms with Crippen LogP contribution < -0.4 is 11.1 Å². The first kappa shape index (κ1) is 10.9. The summed E-state index contributed by atoms with van der Waals surface area (Å²) in [6.45, 7) is 1.14. The first-order valence-corrected chi connectivity index (χ1v) is 5.10. The molecule has 1 aromatic carbocycles. The highest BCUT2D eigenvalue weighted by atomic mass is 19.1. The van der Waals surface area contributed by atoms with E-state index in [1.807, 2.05) is 0 Å². The molecule has 0 aliphatic carbocycles. The minimum Gasteiger partial charge on any atom is -0.398 e. The maximum Gasteiger partial charge on any atom is 0.253 e. The number of nitrogens with two attached hydrogens (primary N) is 1. The van der Waals surface area contributed by atoms with Gasteiger partial charge >= 0.3 is 0 Å². The molecule has 3 N–H and O–H groups in total. The molecule has 1 aromatic rings. The number of ether oxygens (including phenoxy) is 1. The van der Waals surface area contributed by atoms with E-state index < -0.39 is 5.82 Å². The number of carbonyl (C=O) groups excluding carboxylic acids is 1. The molecule has 1 amide bonds. The molecule has 0 bridgehead atoms. The molecule has 0 aromatic heterocycles. The third-order valence-electron chi connectivity index (χ3n) is 2.52. The number of anilines is 1. The lowest BCUT2D eigenvalue weighted by Gasteiger charge is -2.11. The minimum atomic E-state index is -0.470. The highest BCUT2D eigenvalue weighted by Gasteiger charge is 2.19. The summed E-state index contributed by atoms with van der Waals surface area (Å²) in [6, 6.07) is 3.75. The van der Waals surface area contributed by atoms with Crippen molar-refractivity contribution >= 4 is 11.6 Å². The van der Waals surface area contributed by atoms with E-state index in [9.17, 15) is 9.18 Å². The Hall–Kier alpha value is -1.62. The molecule has 1 atom stereocenters. The van der Waals surface area contributed by atoms with Crippen molar-refractivity contribution in [1.82, 2.24) is 5.32 Å². The predicted molar refractivity (Wildman–Crippen MR) is 57.5 cm³/mol. The summed E-state index contributed by atoms with van der Waals surface area (Å²) in [7, 11) is 0. The monoisotopic (exact) mass is 224 g/mol. The van der Waals surface area contributed by atoms with Gasteiger partial charge < -0.3 is 15.8 Å². The molecule has 2 rings (SSSR count). The number of hydrogen-bond donors (Lipinski definition) is 2. The topological polar surface area (TPSA) is 64.4 Å². The van der Waals surface area contributed by atoms with Gasteiger partial charge in [0.05, 0.1) is 18.2 Å². The molecule has 16 heavy (non-hydrogen) atoms. The standard InChI is InChI=1S/C11H13FN2O2/c12-7-1-2-10(13)9(5-7)11(15)14-8-3-4-16-6-8/h1-2,5,8H,3-4,6,13H2,(H,14,15). The summed E-state index contributed by atoms with van der Waals surface area (Å²) in [5.41, 5.74) is 6.05. The zero-order valence-corrected chi connectivity index (χ0v) is 8.70. The van der Waals surface area contributed by atoms with Crippen molar-refractivity contribution in [1.29, 1.82) is 0 Å². The van der Waals surface area contributed by atoms with Gasteiger partial charge in [0.2, 0.25) is 0 Å². The molecule has 5 heteroatoms. The molecule has 86 valence electrons. The zero-order valence-electron chi connectivity index (χ0n) is 8.70. The number of amides is 1. The molecule has 1 heterocycles. The minimum absolute atomic E-state index is 0.00447. The number of hydrogen-bond acceptors (Lipinski definition) is 3. The summed E-state index contributed by atoms with van der Waals surface area (Å²) < 4.78 is 18.1. The molecule has 1 aliphatic rings. The Labute approximate surface area is 92.6 Å². The summed E-state index contributed by atoms with van der Waals surface area (Å²) in [4.78, 5) is 11.8. The van der Waals surface area contributed by atoms with E-state index in [0.29, 0.717) is 13.2 Å². The fraction of sp³-hybridized carbons (Fsp3) is 0.364. The molecule has 1 aliphatic heterocycles. The average molecular weight is 224 g/mol. The van der Waals surface area contributed by atoms with Crippen LogP contribution in [0.15, 0.2) is 18.2 Å². The second kappa shape index (κ2) is 4.49. The Morgan fingerprint density at radius 1 is 1.56 bits per heavy atom. The third kappa shape index (κ3) is 2.30. The van der Waals surface area contributed by atoms with Crippen LogP contribution in [-0.4, -0.2) is 25.2 Å². The number of halogens is 1. The fourth-order valence-electron chi connectivity index (χ4n) is 1.64. The van der Waals surface area contributed by atoms with Crippen molar-refractivity contribution < 1.29 is 13.9 Å². The second-order valence-electron chi connectivity index (χ2n) is 3.77. The van der Waals surface area contributed by atoms with E-state index in [1.54, 1.807) is 0 Å². The summed E-state index contributed by atoms with van der Waals surface area (Å²) in [5, 5.41) is 2.75. The normalized spacial score (nSPS) is 19.7. The van der Waals surface area contributed by atoms with Crippen molar-refractivity contribution in [3.8, 4) is 0 Å². The van der Waals surface area contributed by atoms with E-state index in [2.05, 4.69) is 5.32 Å². The van der Waals surface area contributed by atoms with Gasteiger partial charge in [0, 0.05) is 12.3 Å². The van der Waals surface area contributed by atoms with Crippen molar-refractivity contribution in [2.24, 2.45) is 0 Å². The summed E-state index contributed by atoms with van der Waals surface area (Å²) in [5.74, 6) is -0.825. The number of rotatable bonds is 2. The Morgan fingerprint density at radius 3 is 3.06 bits per heavy atom. The van der Waals surface area contributed by atoms with Crippen LogP contribution >= 0.6 is 0 Å². The van der Waals surface area contributed by atoms with Gasteiger partial charge in [-0.3, -0.25) is 4.79 Å². The van der Waals surface area contributed by atoms with Crippen LogP contribution in [-0.2, 0) is 4.74 Å². The number of nitrogen functional groups attached to an aromatic ring is 1. The van der Waals surface area contributed by atoms with Gasteiger partial charge in [0.1, 0.15) is 5.82 Å². The largest absolute Gasteiger partial charge is 0.398 e. The smallest absolute Gasteiger partial charge is 0.253 e. The molecule has 0 saturated carbocycles.